The van der Waals surface area contributed by atoms with Crippen molar-refractivity contribution in [3.05, 3.63) is 34.9 Å². The number of thiazole rings is 1. The molecule has 4 heteroatoms. The normalized spacial score (nSPS) is 12.6. The van der Waals surface area contributed by atoms with E-state index < -0.39 is 0 Å². The maximum atomic E-state index is 4.73. The molecule has 0 aromatic carbocycles. The van der Waals surface area contributed by atoms with Crippen LogP contribution in [0.3, 0.4) is 0 Å². The first-order valence-corrected chi connectivity index (χ1v) is 8.73. The van der Waals surface area contributed by atoms with Crippen LogP contribution in [0.2, 0.25) is 0 Å². The van der Waals surface area contributed by atoms with Crippen LogP contribution in [0, 0.1) is 5.41 Å². The lowest BCUT2D eigenvalue weighted by Crippen LogP contribution is -2.43. The monoisotopic (exact) mass is 317 g/mol. The summed E-state index contributed by atoms with van der Waals surface area (Å²) in [7, 11) is 0. The van der Waals surface area contributed by atoms with Crippen LogP contribution in [0.15, 0.2) is 29.9 Å². The maximum Gasteiger partial charge on any atom is 0.0945 e. The molecule has 0 radical (unpaired) electrons. The van der Waals surface area contributed by atoms with Gasteiger partial charge in [0.25, 0.3) is 0 Å². The third-order valence-corrected chi connectivity index (χ3v) is 4.35. The molecule has 2 heterocycles. The zero-order chi connectivity index (χ0) is 16.2. The van der Waals surface area contributed by atoms with E-state index in [1.807, 2.05) is 24.5 Å². The summed E-state index contributed by atoms with van der Waals surface area (Å²) in [6.45, 7) is 12.4. The van der Waals surface area contributed by atoms with Crippen molar-refractivity contribution >= 4 is 11.3 Å². The first-order valence-electron chi connectivity index (χ1n) is 7.85. The van der Waals surface area contributed by atoms with E-state index in [1.54, 1.807) is 11.3 Å². The van der Waals surface area contributed by atoms with Crippen molar-refractivity contribution in [2.75, 3.05) is 6.54 Å². The smallest absolute Gasteiger partial charge is 0.0945 e. The molecule has 0 amide bonds. The Balaban J connectivity index is 1.87. The van der Waals surface area contributed by atoms with E-state index in [2.05, 4.69) is 50.3 Å². The van der Waals surface area contributed by atoms with Gasteiger partial charge in [0.05, 0.1) is 10.7 Å². The number of aromatic nitrogens is 2. The summed E-state index contributed by atoms with van der Waals surface area (Å²) in [5, 5.41) is 6.99. The van der Waals surface area contributed by atoms with Crippen LogP contribution in [0.5, 0.6) is 0 Å². The lowest BCUT2D eigenvalue weighted by molar-refractivity contribution is 0.243. The van der Waals surface area contributed by atoms with Gasteiger partial charge in [-0.25, -0.2) is 4.98 Å². The summed E-state index contributed by atoms with van der Waals surface area (Å²) in [4.78, 5) is 8.77. The highest BCUT2D eigenvalue weighted by molar-refractivity contribution is 7.09. The molecule has 0 aliphatic heterocycles. The predicted octanol–water partition coefficient (Wildman–Crippen LogP) is 4.55. The van der Waals surface area contributed by atoms with Gasteiger partial charge in [0.1, 0.15) is 0 Å². The van der Waals surface area contributed by atoms with E-state index in [0.717, 1.165) is 30.6 Å². The van der Waals surface area contributed by atoms with Gasteiger partial charge in [-0.1, -0.05) is 20.8 Å². The van der Waals surface area contributed by atoms with Gasteiger partial charge in [-0.2, -0.15) is 0 Å². The highest BCUT2D eigenvalue weighted by Crippen LogP contribution is 2.27. The van der Waals surface area contributed by atoms with Gasteiger partial charge in [-0.05, 0) is 37.8 Å². The molecule has 3 nitrogen and oxygen atoms in total. The maximum absolute atomic E-state index is 4.73. The summed E-state index contributed by atoms with van der Waals surface area (Å²) in [5.41, 5.74) is 2.69. The Morgan fingerprint density at radius 2 is 1.77 bits per heavy atom. The SMILES string of the molecule is CC(C)(C)CC(C)(C)NCCc1nc(-c2ccncc2)cs1. The zero-order valence-electron chi connectivity index (χ0n) is 14.3. The quantitative estimate of drug-likeness (QED) is 0.849. The van der Waals surface area contributed by atoms with E-state index in [9.17, 15) is 0 Å². The fourth-order valence-corrected chi connectivity index (χ4v) is 3.78. The van der Waals surface area contributed by atoms with Gasteiger partial charge < -0.3 is 5.32 Å². The minimum Gasteiger partial charge on any atom is -0.311 e. The Bertz CT molecular complexity index is 582. The third kappa shape index (κ3) is 5.50. The minimum atomic E-state index is 0.156. The summed E-state index contributed by atoms with van der Waals surface area (Å²) in [6.07, 6.45) is 5.75. The number of hydrogen-bond donors (Lipinski definition) is 1. The van der Waals surface area contributed by atoms with Crippen LogP contribution in [0.4, 0.5) is 0 Å². The van der Waals surface area contributed by atoms with Crippen molar-refractivity contribution in [1.82, 2.24) is 15.3 Å². The lowest BCUT2D eigenvalue weighted by atomic mass is 9.82. The molecule has 0 fully saturated rings. The van der Waals surface area contributed by atoms with Crippen molar-refractivity contribution in [2.45, 2.75) is 53.0 Å². The fourth-order valence-electron chi connectivity index (χ4n) is 2.98. The van der Waals surface area contributed by atoms with Crippen molar-refractivity contribution < 1.29 is 0 Å². The highest BCUT2D eigenvalue weighted by Gasteiger charge is 2.24. The first kappa shape index (κ1) is 17.1. The van der Waals surface area contributed by atoms with Crippen molar-refractivity contribution in [3.8, 4) is 11.3 Å². The Morgan fingerprint density at radius 3 is 2.41 bits per heavy atom. The molecule has 0 atom stereocenters. The summed E-state index contributed by atoms with van der Waals surface area (Å²) >= 11 is 1.74. The van der Waals surface area contributed by atoms with Crippen LogP contribution in [0.1, 0.15) is 46.0 Å². The van der Waals surface area contributed by atoms with Crippen molar-refractivity contribution in [3.63, 3.8) is 0 Å². The van der Waals surface area contributed by atoms with Crippen molar-refractivity contribution in [2.24, 2.45) is 5.41 Å². The lowest BCUT2D eigenvalue weighted by Gasteiger charge is -2.33. The predicted molar refractivity (Wildman–Crippen MR) is 95.2 cm³/mol. The average Bonchev–Trinajstić information content (AvgIpc) is 2.85. The van der Waals surface area contributed by atoms with Crippen LogP contribution < -0.4 is 5.32 Å². The van der Waals surface area contributed by atoms with E-state index in [4.69, 9.17) is 4.98 Å². The van der Waals surface area contributed by atoms with Crippen LogP contribution in [-0.2, 0) is 6.42 Å². The number of nitrogens with one attached hydrogen (secondary N) is 1. The topological polar surface area (TPSA) is 37.8 Å². The summed E-state index contributed by atoms with van der Waals surface area (Å²) < 4.78 is 0. The Hall–Kier alpha value is -1.26. The first-order chi connectivity index (χ1) is 10.3. The largest absolute Gasteiger partial charge is 0.311 e. The van der Waals surface area contributed by atoms with Gasteiger partial charge >= 0.3 is 0 Å². The molecule has 0 aliphatic rings. The number of hydrogen-bond acceptors (Lipinski definition) is 4. The van der Waals surface area contributed by atoms with E-state index >= 15 is 0 Å². The molecule has 1 N–H and O–H groups in total. The molecular weight excluding hydrogens is 290 g/mol. The molecule has 0 saturated carbocycles. The molecule has 120 valence electrons. The molecule has 2 rings (SSSR count). The van der Waals surface area contributed by atoms with Gasteiger partial charge in [-0.3, -0.25) is 4.98 Å². The molecule has 0 unspecified atom stereocenters. The van der Waals surface area contributed by atoms with Crippen LogP contribution >= 0.6 is 11.3 Å². The van der Waals surface area contributed by atoms with Crippen molar-refractivity contribution in [1.29, 1.82) is 0 Å². The van der Waals surface area contributed by atoms with Gasteiger partial charge in [-0.15, -0.1) is 11.3 Å². The average molecular weight is 318 g/mol. The number of rotatable bonds is 6. The van der Waals surface area contributed by atoms with E-state index in [1.165, 1.54) is 5.01 Å². The number of nitrogens with zero attached hydrogens (tertiary/aromatic N) is 2. The Morgan fingerprint density at radius 1 is 1.09 bits per heavy atom. The molecule has 0 saturated heterocycles. The molecule has 0 spiro atoms. The molecular formula is C18H27N3S. The highest BCUT2D eigenvalue weighted by atomic mass is 32.1. The third-order valence-electron chi connectivity index (χ3n) is 3.44. The fraction of sp³-hybridized carbons (Fsp3) is 0.556. The minimum absolute atomic E-state index is 0.156. The zero-order valence-corrected chi connectivity index (χ0v) is 15.1. The molecule has 0 bridgehead atoms. The second-order valence-corrected chi connectivity index (χ2v) is 8.60. The Labute approximate surface area is 138 Å². The van der Waals surface area contributed by atoms with Crippen LogP contribution in [0.25, 0.3) is 11.3 Å². The standard InChI is InChI=1S/C18H27N3S/c1-17(2,3)13-18(4,5)20-11-8-16-21-15(12-22-16)14-6-9-19-10-7-14/h6-7,9-10,12,20H,8,11,13H2,1-5H3. The summed E-state index contributed by atoms with van der Waals surface area (Å²) in [6, 6.07) is 4.01. The van der Waals surface area contributed by atoms with Crippen LogP contribution in [-0.4, -0.2) is 22.1 Å². The molecule has 2 aromatic heterocycles. The second kappa shape index (κ2) is 6.88. The molecule has 22 heavy (non-hydrogen) atoms. The van der Waals surface area contributed by atoms with Gasteiger partial charge in [0.15, 0.2) is 0 Å². The molecule has 0 aliphatic carbocycles. The Kier molecular flexibility index (Phi) is 5.35. The summed E-state index contributed by atoms with van der Waals surface area (Å²) in [5.74, 6) is 0. The van der Waals surface area contributed by atoms with E-state index in [-0.39, 0.29) is 5.54 Å². The van der Waals surface area contributed by atoms with Gasteiger partial charge in [0.2, 0.25) is 0 Å². The van der Waals surface area contributed by atoms with E-state index in [0.29, 0.717) is 5.41 Å². The second-order valence-electron chi connectivity index (χ2n) is 7.66. The van der Waals surface area contributed by atoms with Gasteiger partial charge in [0, 0.05) is 41.8 Å². The molecule has 2 aromatic rings. The number of pyridine rings is 1.